The summed E-state index contributed by atoms with van der Waals surface area (Å²) in [6.07, 6.45) is 7.43. The first-order chi connectivity index (χ1) is 6.98. The van der Waals surface area contributed by atoms with Gasteiger partial charge in [-0.15, -0.1) is 0 Å². The van der Waals surface area contributed by atoms with Gasteiger partial charge in [-0.3, -0.25) is 0 Å². The minimum absolute atomic E-state index is 0.296. The molecule has 2 rings (SSSR count). The highest BCUT2D eigenvalue weighted by Gasteiger charge is 2.59. The third-order valence-electron chi connectivity index (χ3n) is 4.66. The zero-order chi connectivity index (χ0) is 11.1. The van der Waals surface area contributed by atoms with Crippen LogP contribution in [0.15, 0.2) is 0 Å². The molecule has 0 bridgehead atoms. The van der Waals surface area contributed by atoms with Crippen molar-refractivity contribution in [1.82, 2.24) is 5.32 Å². The van der Waals surface area contributed by atoms with Crippen molar-refractivity contribution in [3.63, 3.8) is 0 Å². The quantitative estimate of drug-likeness (QED) is 0.749. The zero-order valence-corrected chi connectivity index (χ0v) is 10.9. The molecule has 0 amide bonds. The molecular weight excluding hydrogens is 182 g/mol. The smallest absolute Gasteiger partial charge is 0.00966 e. The molecule has 2 aliphatic rings. The van der Waals surface area contributed by atoms with E-state index < -0.39 is 0 Å². The van der Waals surface area contributed by atoms with Crippen LogP contribution in [0.25, 0.3) is 0 Å². The first kappa shape index (κ1) is 11.4. The number of hydrogen-bond donors (Lipinski definition) is 1. The molecule has 1 N–H and O–H groups in total. The molecule has 2 aliphatic carbocycles. The SMILES string of the molecule is CCC1CCCC12CC2CNC(C)(C)C. The number of rotatable bonds is 3. The Morgan fingerprint density at radius 1 is 1.27 bits per heavy atom. The summed E-state index contributed by atoms with van der Waals surface area (Å²) in [5.74, 6) is 2.04. The molecule has 0 heterocycles. The second-order valence-electron chi connectivity index (χ2n) is 6.76. The van der Waals surface area contributed by atoms with Gasteiger partial charge in [0.25, 0.3) is 0 Å². The lowest BCUT2D eigenvalue weighted by Gasteiger charge is -2.23. The predicted molar refractivity (Wildman–Crippen MR) is 65.9 cm³/mol. The van der Waals surface area contributed by atoms with Crippen LogP contribution in [0.3, 0.4) is 0 Å². The Labute approximate surface area is 95.0 Å². The van der Waals surface area contributed by atoms with E-state index in [4.69, 9.17) is 0 Å². The minimum atomic E-state index is 0.296. The maximum absolute atomic E-state index is 3.68. The molecule has 0 aliphatic heterocycles. The maximum Gasteiger partial charge on any atom is 0.00966 e. The monoisotopic (exact) mass is 209 g/mol. The lowest BCUT2D eigenvalue weighted by molar-refractivity contribution is 0.304. The Bertz CT molecular complexity index is 228. The molecule has 1 nitrogen and oxygen atoms in total. The molecule has 2 fully saturated rings. The molecule has 1 spiro atoms. The summed E-state index contributed by atoms with van der Waals surface area (Å²) < 4.78 is 0. The van der Waals surface area contributed by atoms with E-state index >= 15 is 0 Å². The molecule has 0 aromatic heterocycles. The van der Waals surface area contributed by atoms with Crippen LogP contribution < -0.4 is 5.32 Å². The second-order valence-corrected chi connectivity index (χ2v) is 6.76. The van der Waals surface area contributed by atoms with Gasteiger partial charge in [-0.25, -0.2) is 0 Å². The first-order valence-electron chi connectivity index (χ1n) is 6.73. The summed E-state index contributed by atoms with van der Waals surface area (Å²) in [4.78, 5) is 0. The van der Waals surface area contributed by atoms with Crippen molar-refractivity contribution in [2.75, 3.05) is 6.54 Å². The highest BCUT2D eigenvalue weighted by Crippen LogP contribution is 2.66. The Hall–Kier alpha value is -0.0400. The van der Waals surface area contributed by atoms with Crippen molar-refractivity contribution in [2.45, 2.75) is 65.3 Å². The van der Waals surface area contributed by atoms with E-state index in [-0.39, 0.29) is 0 Å². The Morgan fingerprint density at radius 3 is 2.60 bits per heavy atom. The van der Waals surface area contributed by atoms with Gasteiger partial charge in [0, 0.05) is 5.54 Å². The molecular formula is C14H27N. The summed E-state index contributed by atoms with van der Waals surface area (Å²) in [5, 5.41) is 3.68. The van der Waals surface area contributed by atoms with Gasteiger partial charge in [-0.05, 0) is 63.8 Å². The summed E-state index contributed by atoms with van der Waals surface area (Å²) in [5.41, 5.74) is 1.08. The normalized spacial score (nSPS) is 40.0. The van der Waals surface area contributed by atoms with Gasteiger partial charge in [0.1, 0.15) is 0 Å². The summed E-state index contributed by atoms with van der Waals surface area (Å²) in [6, 6.07) is 0. The fraction of sp³-hybridized carbons (Fsp3) is 1.00. The average Bonchev–Trinajstić information content (AvgIpc) is 2.65. The Balaban J connectivity index is 1.84. The van der Waals surface area contributed by atoms with E-state index in [1.54, 1.807) is 0 Å². The molecule has 0 aromatic rings. The van der Waals surface area contributed by atoms with Gasteiger partial charge >= 0.3 is 0 Å². The molecule has 2 saturated carbocycles. The van der Waals surface area contributed by atoms with E-state index in [2.05, 4.69) is 33.0 Å². The fourth-order valence-electron chi connectivity index (χ4n) is 3.69. The predicted octanol–water partition coefficient (Wildman–Crippen LogP) is 3.59. The lowest BCUT2D eigenvalue weighted by Crippen LogP contribution is -2.38. The van der Waals surface area contributed by atoms with E-state index in [0.717, 1.165) is 17.3 Å². The van der Waals surface area contributed by atoms with Gasteiger partial charge in [-0.1, -0.05) is 19.8 Å². The summed E-state index contributed by atoms with van der Waals surface area (Å²) in [7, 11) is 0. The first-order valence-corrected chi connectivity index (χ1v) is 6.73. The van der Waals surface area contributed by atoms with E-state index in [1.807, 2.05) is 0 Å². The van der Waals surface area contributed by atoms with Gasteiger partial charge in [0.15, 0.2) is 0 Å². The van der Waals surface area contributed by atoms with Crippen LogP contribution in [0.5, 0.6) is 0 Å². The van der Waals surface area contributed by atoms with E-state index in [0.29, 0.717) is 5.54 Å². The maximum atomic E-state index is 3.68. The molecule has 0 aromatic carbocycles. The highest BCUT2D eigenvalue weighted by molar-refractivity contribution is 5.09. The van der Waals surface area contributed by atoms with Gasteiger partial charge < -0.3 is 5.32 Å². The molecule has 88 valence electrons. The topological polar surface area (TPSA) is 12.0 Å². The van der Waals surface area contributed by atoms with E-state index in [1.165, 1.54) is 38.6 Å². The van der Waals surface area contributed by atoms with Crippen LogP contribution in [0.4, 0.5) is 0 Å². The largest absolute Gasteiger partial charge is 0.312 e. The van der Waals surface area contributed by atoms with Crippen molar-refractivity contribution in [2.24, 2.45) is 17.3 Å². The highest BCUT2D eigenvalue weighted by atomic mass is 15.0. The molecule has 3 atom stereocenters. The number of hydrogen-bond acceptors (Lipinski definition) is 1. The summed E-state index contributed by atoms with van der Waals surface area (Å²) >= 11 is 0. The van der Waals surface area contributed by atoms with Crippen LogP contribution in [0, 0.1) is 17.3 Å². The fourth-order valence-corrected chi connectivity index (χ4v) is 3.69. The Kier molecular flexibility index (Phi) is 2.87. The van der Waals surface area contributed by atoms with Crippen LogP contribution in [0.2, 0.25) is 0 Å². The standard InChI is InChI=1S/C14H27N/c1-5-11-7-6-8-14(11)9-12(14)10-15-13(2,3)4/h11-12,15H,5-10H2,1-4H3. The van der Waals surface area contributed by atoms with Crippen LogP contribution in [-0.4, -0.2) is 12.1 Å². The van der Waals surface area contributed by atoms with Crippen molar-refractivity contribution >= 4 is 0 Å². The van der Waals surface area contributed by atoms with Gasteiger partial charge in [0.2, 0.25) is 0 Å². The Morgan fingerprint density at radius 2 is 2.00 bits per heavy atom. The zero-order valence-electron chi connectivity index (χ0n) is 10.9. The van der Waals surface area contributed by atoms with Crippen LogP contribution in [0.1, 0.15) is 59.8 Å². The van der Waals surface area contributed by atoms with Crippen molar-refractivity contribution < 1.29 is 0 Å². The van der Waals surface area contributed by atoms with Crippen molar-refractivity contribution in [3.8, 4) is 0 Å². The van der Waals surface area contributed by atoms with Gasteiger partial charge in [0.05, 0.1) is 0 Å². The third kappa shape index (κ3) is 2.22. The summed E-state index contributed by atoms with van der Waals surface area (Å²) in [6.45, 7) is 10.4. The number of nitrogens with one attached hydrogen (secondary N) is 1. The molecule has 0 radical (unpaired) electrons. The second kappa shape index (κ2) is 3.76. The van der Waals surface area contributed by atoms with Crippen LogP contribution in [-0.2, 0) is 0 Å². The minimum Gasteiger partial charge on any atom is -0.312 e. The third-order valence-corrected chi connectivity index (χ3v) is 4.66. The van der Waals surface area contributed by atoms with Gasteiger partial charge in [-0.2, -0.15) is 0 Å². The molecule has 0 saturated heterocycles. The average molecular weight is 209 g/mol. The molecule has 1 heteroatoms. The van der Waals surface area contributed by atoms with E-state index in [9.17, 15) is 0 Å². The lowest BCUT2D eigenvalue weighted by atomic mass is 9.88. The molecule has 15 heavy (non-hydrogen) atoms. The van der Waals surface area contributed by atoms with Crippen molar-refractivity contribution in [3.05, 3.63) is 0 Å². The van der Waals surface area contributed by atoms with Crippen molar-refractivity contribution in [1.29, 1.82) is 0 Å². The van der Waals surface area contributed by atoms with Crippen LogP contribution >= 0.6 is 0 Å². The molecule has 3 unspecified atom stereocenters.